The second-order valence-electron chi connectivity index (χ2n) is 6.36. The van der Waals surface area contributed by atoms with Crippen LogP contribution in [0.25, 0.3) is 21.2 Å². The van der Waals surface area contributed by atoms with Gasteiger partial charge in [-0.1, -0.05) is 61.7 Å². The zero-order chi connectivity index (χ0) is 15.5. The van der Waals surface area contributed by atoms with E-state index in [1.807, 2.05) is 17.5 Å². The molecule has 0 atom stereocenters. The lowest BCUT2D eigenvalue weighted by Gasteiger charge is -2.22. The second kappa shape index (κ2) is 6.81. The molecule has 0 unspecified atom stereocenters. The molecule has 0 bridgehead atoms. The molecule has 1 N–H and O–H groups in total. The second-order valence-corrected chi connectivity index (χ2v) is 7.48. The lowest BCUT2D eigenvalue weighted by molar-refractivity contribution is 0.372. The molecule has 0 radical (unpaired) electrons. The highest BCUT2D eigenvalue weighted by Gasteiger charge is 2.14. The van der Waals surface area contributed by atoms with E-state index in [1.54, 1.807) is 0 Å². The Morgan fingerprint density at radius 2 is 1.83 bits per heavy atom. The van der Waals surface area contributed by atoms with E-state index in [1.165, 1.54) is 58.3 Å². The average Bonchev–Trinajstić information content (AvgIpc) is 3.09. The monoisotopic (exact) mass is 322 g/mol. The minimum atomic E-state index is 0.689. The van der Waals surface area contributed by atoms with Crippen molar-refractivity contribution in [3.05, 3.63) is 53.7 Å². The van der Waals surface area contributed by atoms with Gasteiger partial charge in [0.25, 0.3) is 0 Å². The van der Waals surface area contributed by atoms with E-state index in [4.69, 9.17) is 0 Å². The number of nitrogens with one attached hydrogen (secondary N) is 1. The van der Waals surface area contributed by atoms with Gasteiger partial charge in [-0.15, -0.1) is 11.3 Å². The number of hydrogen-bond acceptors (Lipinski definition) is 3. The first-order chi connectivity index (χ1) is 11.4. The van der Waals surface area contributed by atoms with Crippen molar-refractivity contribution >= 4 is 22.1 Å². The fraction of sp³-hybridized carbons (Fsp3) is 0.350. The van der Waals surface area contributed by atoms with Crippen molar-refractivity contribution in [1.82, 2.24) is 10.3 Å². The van der Waals surface area contributed by atoms with Gasteiger partial charge in [-0.2, -0.15) is 0 Å². The number of hydrogen-bond donors (Lipinski definition) is 1. The van der Waals surface area contributed by atoms with Crippen LogP contribution in [0.15, 0.2) is 48.7 Å². The molecule has 4 rings (SSSR count). The maximum atomic E-state index is 4.64. The summed E-state index contributed by atoms with van der Waals surface area (Å²) in [6.07, 6.45) is 8.82. The molecule has 1 heterocycles. The summed E-state index contributed by atoms with van der Waals surface area (Å²) in [4.78, 5) is 5.91. The van der Waals surface area contributed by atoms with Crippen molar-refractivity contribution in [3.8, 4) is 10.4 Å². The number of thiazole rings is 1. The quantitative estimate of drug-likeness (QED) is 0.697. The van der Waals surface area contributed by atoms with Crippen LogP contribution in [0.4, 0.5) is 0 Å². The van der Waals surface area contributed by atoms with Crippen LogP contribution < -0.4 is 5.32 Å². The van der Waals surface area contributed by atoms with Gasteiger partial charge in [0.2, 0.25) is 0 Å². The van der Waals surface area contributed by atoms with Crippen molar-refractivity contribution in [2.45, 2.75) is 44.7 Å². The third-order valence-corrected chi connectivity index (χ3v) is 5.79. The summed E-state index contributed by atoms with van der Waals surface area (Å²) in [5.74, 6) is 0. The van der Waals surface area contributed by atoms with E-state index in [0.29, 0.717) is 6.04 Å². The van der Waals surface area contributed by atoms with Gasteiger partial charge >= 0.3 is 0 Å². The largest absolute Gasteiger partial charge is 0.308 e. The highest BCUT2D eigenvalue weighted by atomic mass is 32.1. The van der Waals surface area contributed by atoms with E-state index < -0.39 is 0 Å². The predicted octanol–water partition coefficient (Wildman–Crippen LogP) is 5.39. The van der Waals surface area contributed by atoms with Crippen LogP contribution in [0.5, 0.6) is 0 Å². The lowest BCUT2D eigenvalue weighted by Crippen LogP contribution is -2.30. The first kappa shape index (κ1) is 14.9. The maximum Gasteiger partial charge on any atom is 0.107 e. The number of aromatic nitrogens is 1. The molecular formula is C20H22N2S. The van der Waals surface area contributed by atoms with Crippen molar-refractivity contribution < 1.29 is 0 Å². The minimum Gasteiger partial charge on any atom is -0.308 e. The Hall–Kier alpha value is -1.71. The fourth-order valence-corrected chi connectivity index (χ4v) is 4.40. The van der Waals surface area contributed by atoms with E-state index in [0.717, 1.165) is 6.54 Å². The summed E-state index contributed by atoms with van der Waals surface area (Å²) in [6.45, 7) is 0.903. The van der Waals surface area contributed by atoms with Gasteiger partial charge in [-0.05, 0) is 23.6 Å². The molecule has 118 valence electrons. The SMILES string of the molecule is c1ccc2c(-c3cnc(CNC4CCCCC4)s3)cccc2c1. The van der Waals surface area contributed by atoms with Gasteiger partial charge < -0.3 is 5.32 Å². The van der Waals surface area contributed by atoms with E-state index in [2.05, 4.69) is 52.8 Å². The third-order valence-electron chi connectivity index (χ3n) is 4.76. The van der Waals surface area contributed by atoms with Crippen molar-refractivity contribution in [3.63, 3.8) is 0 Å². The van der Waals surface area contributed by atoms with Gasteiger partial charge in [0.15, 0.2) is 0 Å². The molecule has 0 spiro atoms. The maximum absolute atomic E-state index is 4.64. The number of benzene rings is 2. The molecule has 0 aliphatic heterocycles. The summed E-state index contributed by atoms with van der Waals surface area (Å²) in [5, 5.41) is 7.48. The third kappa shape index (κ3) is 3.31. The summed E-state index contributed by atoms with van der Waals surface area (Å²) in [6, 6.07) is 15.8. The van der Waals surface area contributed by atoms with Gasteiger partial charge in [0, 0.05) is 24.3 Å². The van der Waals surface area contributed by atoms with Crippen molar-refractivity contribution in [2.24, 2.45) is 0 Å². The first-order valence-electron chi connectivity index (χ1n) is 8.56. The van der Waals surface area contributed by atoms with Gasteiger partial charge in [0.05, 0.1) is 4.88 Å². The molecule has 2 nitrogen and oxygen atoms in total. The normalized spacial score (nSPS) is 16.0. The zero-order valence-corrected chi connectivity index (χ0v) is 14.1. The van der Waals surface area contributed by atoms with Crippen LogP contribution in [0, 0.1) is 0 Å². The Labute approximate surface area is 141 Å². The molecule has 1 fully saturated rings. The van der Waals surface area contributed by atoms with Crippen LogP contribution >= 0.6 is 11.3 Å². The molecule has 3 aromatic rings. The first-order valence-corrected chi connectivity index (χ1v) is 9.38. The highest BCUT2D eigenvalue weighted by molar-refractivity contribution is 7.15. The standard InChI is InChI=1S/C20H22N2S/c1-2-9-16(10-3-1)21-14-20-22-13-19(23-20)18-12-6-8-15-7-4-5-11-17(15)18/h4-8,11-13,16,21H,1-3,9-10,14H2. The topological polar surface area (TPSA) is 24.9 Å². The van der Waals surface area contributed by atoms with Gasteiger partial charge in [-0.3, -0.25) is 0 Å². The van der Waals surface area contributed by atoms with Crippen LogP contribution in [-0.4, -0.2) is 11.0 Å². The lowest BCUT2D eigenvalue weighted by atomic mass is 9.96. The Kier molecular flexibility index (Phi) is 4.40. The van der Waals surface area contributed by atoms with Crippen molar-refractivity contribution in [2.75, 3.05) is 0 Å². The molecular weight excluding hydrogens is 300 g/mol. The number of nitrogens with zero attached hydrogens (tertiary/aromatic N) is 1. The molecule has 23 heavy (non-hydrogen) atoms. The van der Waals surface area contributed by atoms with Crippen LogP contribution in [-0.2, 0) is 6.54 Å². The van der Waals surface area contributed by atoms with Gasteiger partial charge in [0.1, 0.15) is 5.01 Å². The number of fused-ring (bicyclic) bond motifs is 1. The summed E-state index contributed by atoms with van der Waals surface area (Å²) >= 11 is 1.82. The Bertz CT molecular complexity index is 782. The molecule has 1 aliphatic carbocycles. The Balaban J connectivity index is 1.52. The molecule has 0 amide bonds. The van der Waals surface area contributed by atoms with E-state index >= 15 is 0 Å². The van der Waals surface area contributed by atoms with E-state index in [9.17, 15) is 0 Å². The average molecular weight is 322 g/mol. The summed E-state index contributed by atoms with van der Waals surface area (Å²) < 4.78 is 0. The van der Waals surface area contributed by atoms with E-state index in [-0.39, 0.29) is 0 Å². The molecule has 0 saturated heterocycles. The Morgan fingerprint density at radius 3 is 2.74 bits per heavy atom. The van der Waals surface area contributed by atoms with Gasteiger partial charge in [-0.25, -0.2) is 4.98 Å². The minimum absolute atomic E-state index is 0.689. The highest BCUT2D eigenvalue weighted by Crippen LogP contribution is 2.32. The van der Waals surface area contributed by atoms with Crippen LogP contribution in [0.1, 0.15) is 37.1 Å². The van der Waals surface area contributed by atoms with Crippen LogP contribution in [0.2, 0.25) is 0 Å². The number of rotatable bonds is 4. The molecule has 2 aromatic carbocycles. The predicted molar refractivity (Wildman–Crippen MR) is 98.8 cm³/mol. The molecule has 1 saturated carbocycles. The summed E-state index contributed by atoms with van der Waals surface area (Å²) in [5.41, 5.74) is 1.30. The molecule has 1 aromatic heterocycles. The smallest absolute Gasteiger partial charge is 0.107 e. The molecule has 3 heteroatoms. The van der Waals surface area contributed by atoms with Crippen LogP contribution in [0.3, 0.4) is 0 Å². The summed E-state index contributed by atoms with van der Waals surface area (Å²) in [7, 11) is 0. The zero-order valence-electron chi connectivity index (χ0n) is 13.3. The van der Waals surface area contributed by atoms with Crippen molar-refractivity contribution in [1.29, 1.82) is 0 Å². The fourth-order valence-electron chi connectivity index (χ4n) is 3.50. The Morgan fingerprint density at radius 1 is 1.00 bits per heavy atom. The molecule has 1 aliphatic rings.